The largest absolute Gasteiger partial charge is 0.338 e. The van der Waals surface area contributed by atoms with Crippen molar-refractivity contribution < 1.29 is 4.79 Å². The summed E-state index contributed by atoms with van der Waals surface area (Å²) in [6.45, 7) is 2.39. The monoisotopic (exact) mass is 384 g/mol. The predicted octanol–water partition coefficient (Wildman–Crippen LogP) is 4.58. The molecule has 0 atom stereocenters. The van der Waals surface area contributed by atoms with Gasteiger partial charge < -0.3 is 10.6 Å². The summed E-state index contributed by atoms with van der Waals surface area (Å²) in [5.41, 5.74) is 4.18. The van der Waals surface area contributed by atoms with Gasteiger partial charge in [-0.15, -0.1) is 0 Å². The van der Waals surface area contributed by atoms with Crippen LogP contribution in [-0.2, 0) is 0 Å². The van der Waals surface area contributed by atoms with E-state index in [4.69, 9.17) is 0 Å². The van der Waals surface area contributed by atoms with Crippen molar-refractivity contribution >= 4 is 34.5 Å². The van der Waals surface area contributed by atoms with Gasteiger partial charge in [0.05, 0.1) is 6.20 Å². The fourth-order valence-electron chi connectivity index (χ4n) is 2.95. The van der Waals surface area contributed by atoms with Crippen LogP contribution in [0.15, 0.2) is 72.9 Å². The van der Waals surface area contributed by atoms with E-state index in [1.165, 1.54) is 0 Å². The van der Waals surface area contributed by atoms with Crippen molar-refractivity contribution in [2.24, 2.45) is 0 Å². The number of urea groups is 1. The van der Waals surface area contributed by atoms with Gasteiger partial charge in [-0.3, -0.25) is 5.32 Å². The quantitative estimate of drug-likeness (QED) is 0.468. The number of pyridine rings is 1. The zero-order valence-electron chi connectivity index (χ0n) is 15.9. The van der Waals surface area contributed by atoms with Gasteiger partial charge in [0.2, 0.25) is 0 Å². The van der Waals surface area contributed by atoms with E-state index in [0.717, 1.165) is 16.8 Å². The summed E-state index contributed by atoms with van der Waals surface area (Å²) in [4.78, 5) is 25.1. The maximum atomic E-state index is 11.7. The lowest BCUT2D eigenvalue weighted by Gasteiger charge is -2.12. The fraction of sp³-hybridized carbons (Fsp3) is 0.0909. The molecular formula is C22H20N6O. The molecule has 0 radical (unpaired) electrons. The minimum Gasteiger partial charge on any atom is -0.338 e. The van der Waals surface area contributed by atoms with Crippen LogP contribution in [0, 0.1) is 0 Å². The molecule has 0 aliphatic heterocycles. The highest BCUT2D eigenvalue weighted by molar-refractivity contribution is 5.89. The minimum atomic E-state index is -0.307. The van der Waals surface area contributed by atoms with Crippen LogP contribution in [0.4, 0.5) is 22.1 Å². The second kappa shape index (κ2) is 8.35. The number of nitrogens with zero attached hydrogens (tertiary/aromatic N) is 3. The van der Waals surface area contributed by atoms with E-state index in [2.05, 4.69) is 49.1 Å². The number of fused-ring (bicyclic) bond motifs is 1. The Balaban J connectivity index is 1.63. The first kappa shape index (κ1) is 18.4. The molecule has 7 heteroatoms. The maximum Gasteiger partial charge on any atom is 0.320 e. The maximum absolute atomic E-state index is 11.7. The van der Waals surface area contributed by atoms with Crippen LogP contribution in [0.1, 0.15) is 6.92 Å². The normalized spacial score (nSPS) is 10.5. The van der Waals surface area contributed by atoms with Crippen molar-refractivity contribution in [1.82, 2.24) is 20.3 Å². The Hall–Kier alpha value is -4.00. The summed E-state index contributed by atoms with van der Waals surface area (Å²) in [5, 5.41) is 8.69. The number of rotatable bonds is 5. The molecule has 4 aromatic rings. The molecular weight excluding hydrogens is 364 g/mol. The van der Waals surface area contributed by atoms with Crippen molar-refractivity contribution in [3.63, 3.8) is 0 Å². The number of anilines is 3. The average molecular weight is 384 g/mol. The van der Waals surface area contributed by atoms with E-state index < -0.39 is 0 Å². The number of aromatic nitrogens is 3. The second-order valence-electron chi connectivity index (χ2n) is 6.32. The number of benzene rings is 2. The highest BCUT2D eigenvalue weighted by Crippen LogP contribution is 2.29. The Morgan fingerprint density at radius 2 is 1.66 bits per heavy atom. The van der Waals surface area contributed by atoms with Crippen molar-refractivity contribution in [2.45, 2.75) is 6.92 Å². The molecule has 4 rings (SSSR count). The van der Waals surface area contributed by atoms with Gasteiger partial charge in [-0.1, -0.05) is 48.5 Å². The van der Waals surface area contributed by atoms with Gasteiger partial charge in [0.1, 0.15) is 11.3 Å². The number of hydrogen-bond acceptors (Lipinski definition) is 5. The molecule has 0 fully saturated rings. The number of carbonyl (C=O) groups is 1. The Morgan fingerprint density at radius 1 is 0.897 bits per heavy atom. The molecule has 3 N–H and O–H groups in total. The lowest BCUT2D eigenvalue weighted by Crippen LogP contribution is -2.28. The molecule has 2 aromatic heterocycles. The van der Waals surface area contributed by atoms with Crippen molar-refractivity contribution in [2.75, 3.05) is 17.2 Å². The average Bonchev–Trinajstić information content (AvgIpc) is 2.75. The molecule has 2 heterocycles. The van der Waals surface area contributed by atoms with Gasteiger partial charge in [-0.05, 0) is 30.7 Å². The van der Waals surface area contributed by atoms with E-state index >= 15 is 0 Å². The lowest BCUT2D eigenvalue weighted by molar-refractivity contribution is 0.252. The van der Waals surface area contributed by atoms with E-state index in [0.29, 0.717) is 29.3 Å². The Labute approximate surface area is 168 Å². The van der Waals surface area contributed by atoms with E-state index in [1.54, 1.807) is 18.3 Å². The molecule has 0 bridgehead atoms. The topological polar surface area (TPSA) is 91.8 Å². The molecule has 2 amide bonds. The first-order chi connectivity index (χ1) is 14.2. The third-order valence-electron chi connectivity index (χ3n) is 4.26. The third-order valence-corrected chi connectivity index (χ3v) is 4.26. The summed E-state index contributed by atoms with van der Waals surface area (Å²) < 4.78 is 0. The van der Waals surface area contributed by atoms with Gasteiger partial charge in [-0.25, -0.2) is 19.7 Å². The van der Waals surface area contributed by atoms with Gasteiger partial charge >= 0.3 is 6.03 Å². The van der Waals surface area contributed by atoms with Crippen LogP contribution in [-0.4, -0.2) is 27.5 Å². The first-order valence-corrected chi connectivity index (χ1v) is 9.33. The summed E-state index contributed by atoms with van der Waals surface area (Å²) >= 11 is 0. The lowest BCUT2D eigenvalue weighted by atomic mass is 10.0. The van der Waals surface area contributed by atoms with Gasteiger partial charge in [0, 0.05) is 17.8 Å². The van der Waals surface area contributed by atoms with Crippen LogP contribution in [0.2, 0.25) is 0 Å². The van der Waals surface area contributed by atoms with Crippen LogP contribution >= 0.6 is 0 Å². The number of amides is 2. The summed E-state index contributed by atoms with van der Waals surface area (Å²) in [7, 11) is 0. The van der Waals surface area contributed by atoms with Crippen molar-refractivity contribution in [3.05, 3.63) is 72.9 Å². The SMILES string of the molecule is CCNC(=O)Nc1ccc2ncc(Nc3ccccc3-c3ccccc3)nc2n1. The molecule has 0 saturated heterocycles. The molecule has 0 aliphatic rings. The molecule has 0 unspecified atom stereocenters. The fourth-order valence-corrected chi connectivity index (χ4v) is 2.95. The smallest absolute Gasteiger partial charge is 0.320 e. The predicted molar refractivity (Wildman–Crippen MR) is 115 cm³/mol. The Kier molecular flexibility index (Phi) is 5.29. The van der Waals surface area contributed by atoms with Crippen molar-refractivity contribution in [3.8, 4) is 11.1 Å². The highest BCUT2D eigenvalue weighted by Gasteiger charge is 2.08. The van der Waals surface area contributed by atoms with E-state index in [9.17, 15) is 4.79 Å². The standard InChI is InChI=1S/C22H20N6O/c1-2-23-22(29)28-19-13-12-18-21(26-19)27-20(14-24-18)25-17-11-7-6-10-16(17)15-8-4-3-5-9-15/h3-14H,2H2,1H3,(H3,23,25,26,27,28,29). The van der Waals surface area contributed by atoms with Gasteiger partial charge in [0.15, 0.2) is 11.5 Å². The Bertz CT molecular complexity index is 1150. The molecule has 29 heavy (non-hydrogen) atoms. The van der Waals surface area contributed by atoms with Crippen LogP contribution in [0.25, 0.3) is 22.3 Å². The molecule has 0 spiro atoms. The summed E-state index contributed by atoms with van der Waals surface area (Å²) in [6, 6.07) is 21.3. The number of carbonyl (C=O) groups excluding carboxylic acids is 1. The number of para-hydroxylation sites is 1. The van der Waals surface area contributed by atoms with E-state index in [-0.39, 0.29) is 6.03 Å². The van der Waals surface area contributed by atoms with Gasteiger partial charge in [0.25, 0.3) is 0 Å². The summed E-state index contributed by atoms with van der Waals surface area (Å²) in [5.74, 6) is 0.989. The first-order valence-electron chi connectivity index (χ1n) is 9.33. The molecule has 2 aromatic carbocycles. The third kappa shape index (κ3) is 4.30. The number of hydrogen-bond donors (Lipinski definition) is 3. The van der Waals surface area contributed by atoms with Crippen LogP contribution < -0.4 is 16.0 Å². The Morgan fingerprint density at radius 3 is 2.48 bits per heavy atom. The second-order valence-corrected chi connectivity index (χ2v) is 6.32. The molecule has 7 nitrogen and oxygen atoms in total. The minimum absolute atomic E-state index is 0.307. The van der Waals surface area contributed by atoms with Crippen LogP contribution in [0.5, 0.6) is 0 Å². The van der Waals surface area contributed by atoms with Crippen LogP contribution in [0.3, 0.4) is 0 Å². The highest BCUT2D eigenvalue weighted by atomic mass is 16.2. The van der Waals surface area contributed by atoms with Crippen molar-refractivity contribution in [1.29, 1.82) is 0 Å². The molecule has 144 valence electrons. The molecule has 0 aliphatic carbocycles. The summed E-state index contributed by atoms with van der Waals surface area (Å²) in [6.07, 6.45) is 1.67. The van der Waals surface area contributed by atoms with Gasteiger partial charge in [-0.2, -0.15) is 0 Å². The number of nitrogens with one attached hydrogen (secondary N) is 3. The molecule has 0 saturated carbocycles. The zero-order chi connectivity index (χ0) is 20.1. The zero-order valence-corrected chi connectivity index (χ0v) is 15.9. The van der Waals surface area contributed by atoms with E-state index in [1.807, 2.05) is 43.3 Å².